The third-order valence-electron chi connectivity index (χ3n) is 8.89. The van der Waals surface area contributed by atoms with Gasteiger partial charge in [-0.3, -0.25) is 0 Å². The van der Waals surface area contributed by atoms with Crippen LogP contribution in [0.5, 0.6) is 0 Å². The van der Waals surface area contributed by atoms with Gasteiger partial charge in [0.2, 0.25) is 0 Å². The summed E-state index contributed by atoms with van der Waals surface area (Å²) in [5.74, 6) is 1.10. The normalized spacial score (nSPS) is 13.1. The van der Waals surface area contributed by atoms with Crippen molar-refractivity contribution in [3.05, 3.63) is 139 Å². The van der Waals surface area contributed by atoms with E-state index in [1.165, 1.54) is 76.3 Å². The summed E-state index contributed by atoms with van der Waals surface area (Å²) in [4.78, 5) is 0. The van der Waals surface area contributed by atoms with E-state index in [0.717, 1.165) is 24.2 Å². The first kappa shape index (κ1) is 22.7. The Morgan fingerprint density at radius 2 is 1.02 bits per heavy atom. The van der Waals surface area contributed by atoms with E-state index in [4.69, 9.17) is 4.42 Å². The molecule has 0 amide bonds. The van der Waals surface area contributed by atoms with E-state index < -0.39 is 0 Å². The van der Waals surface area contributed by atoms with Crippen LogP contribution >= 0.6 is 0 Å². The maximum atomic E-state index is 6.54. The lowest BCUT2D eigenvalue weighted by atomic mass is 9.83. The lowest BCUT2D eigenvalue weighted by Gasteiger charge is -2.20. The molecule has 1 aliphatic rings. The van der Waals surface area contributed by atoms with Gasteiger partial charge in [0.1, 0.15) is 11.3 Å². The molecule has 0 radical (unpaired) electrons. The highest BCUT2D eigenvalue weighted by Gasteiger charge is 2.22. The van der Waals surface area contributed by atoms with Crippen molar-refractivity contribution in [1.82, 2.24) is 0 Å². The number of hydrogen-bond donors (Lipinski definition) is 0. The van der Waals surface area contributed by atoms with E-state index in [1.807, 2.05) is 0 Å². The summed E-state index contributed by atoms with van der Waals surface area (Å²) in [6.07, 6.45) is 6.51. The Bertz CT molecular complexity index is 2300. The Labute approximate surface area is 238 Å². The third kappa shape index (κ3) is 3.24. The smallest absolute Gasteiger partial charge is 0.142 e. The minimum Gasteiger partial charge on any atom is -0.460 e. The second-order valence-electron chi connectivity index (χ2n) is 11.1. The van der Waals surface area contributed by atoms with E-state index in [-0.39, 0.29) is 0 Å². The fourth-order valence-corrected chi connectivity index (χ4v) is 7.13. The van der Waals surface area contributed by atoms with E-state index >= 15 is 0 Å². The monoisotopic (exact) mass is 522 g/mol. The molecule has 0 atom stereocenters. The van der Waals surface area contributed by atoms with Gasteiger partial charge in [-0.15, -0.1) is 0 Å². The van der Waals surface area contributed by atoms with Crippen LogP contribution in [0.3, 0.4) is 0 Å². The number of rotatable bonds is 2. The number of allylic oxidation sites excluding steroid dienone is 1. The van der Waals surface area contributed by atoms with Crippen LogP contribution in [0, 0.1) is 0 Å². The summed E-state index contributed by atoms with van der Waals surface area (Å²) in [6, 6.07) is 44.4. The molecule has 1 aromatic heterocycles. The second-order valence-corrected chi connectivity index (χ2v) is 11.1. The predicted octanol–water partition coefficient (Wildman–Crippen LogP) is 11.3. The molecule has 1 nitrogen and oxygen atoms in total. The fraction of sp³-hybridized carbons (Fsp3) is 0.0500. The standard InChI is InChI=1S/C40H26O/c1-2-14-26-25(12-1)13-11-22-29(26)38-30-17-4-6-19-32(30)39(33-20-7-5-18-31(33)38)35-24-36-28-16-9-10-23-37(28)41-40(36)34-21-8-3-15-27(34)35/h1-9,11-22,24H,10,23H2. The van der Waals surface area contributed by atoms with Crippen LogP contribution < -0.4 is 0 Å². The molecular formula is C40H26O. The van der Waals surface area contributed by atoms with Crippen molar-refractivity contribution in [1.29, 1.82) is 0 Å². The molecule has 192 valence electrons. The summed E-state index contributed by atoms with van der Waals surface area (Å²) in [5, 5.41) is 11.2. The van der Waals surface area contributed by atoms with Crippen molar-refractivity contribution in [2.24, 2.45) is 0 Å². The summed E-state index contributed by atoms with van der Waals surface area (Å²) < 4.78 is 6.54. The van der Waals surface area contributed by atoms with Crippen molar-refractivity contribution >= 4 is 60.1 Å². The number of aryl methyl sites for hydroxylation is 1. The van der Waals surface area contributed by atoms with Crippen LogP contribution in [-0.2, 0) is 6.42 Å². The zero-order chi connectivity index (χ0) is 26.9. The molecule has 0 N–H and O–H groups in total. The SMILES string of the molecule is C1=Cc2c(oc3c2cc(-c2c4ccccc4c(-c4cccc5ccccc45)c4ccccc24)c2ccccc23)CC1. The Balaban J connectivity index is 1.48. The number of fused-ring (bicyclic) bond motifs is 8. The van der Waals surface area contributed by atoms with Crippen molar-refractivity contribution in [2.45, 2.75) is 12.8 Å². The molecule has 1 heterocycles. The summed E-state index contributed by atoms with van der Waals surface area (Å²) in [7, 11) is 0. The van der Waals surface area contributed by atoms with Crippen molar-refractivity contribution in [3.63, 3.8) is 0 Å². The van der Waals surface area contributed by atoms with Gasteiger partial charge >= 0.3 is 0 Å². The van der Waals surface area contributed by atoms with Crippen LogP contribution in [0.15, 0.2) is 132 Å². The molecule has 0 fully saturated rings. The van der Waals surface area contributed by atoms with Gasteiger partial charge in [0.05, 0.1) is 0 Å². The van der Waals surface area contributed by atoms with Crippen molar-refractivity contribution in [2.75, 3.05) is 0 Å². The Morgan fingerprint density at radius 3 is 1.73 bits per heavy atom. The first-order valence-electron chi connectivity index (χ1n) is 14.4. The third-order valence-corrected chi connectivity index (χ3v) is 8.89. The quantitative estimate of drug-likeness (QED) is 0.206. The minimum atomic E-state index is 0.954. The maximum absolute atomic E-state index is 6.54. The van der Waals surface area contributed by atoms with E-state index in [0.29, 0.717) is 0 Å². The van der Waals surface area contributed by atoms with Gasteiger partial charge in [0.15, 0.2) is 0 Å². The van der Waals surface area contributed by atoms with E-state index in [1.54, 1.807) is 0 Å². The fourth-order valence-electron chi connectivity index (χ4n) is 7.13. The predicted molar refractivity (Wildman–Crippen MR) is 174 cm³/mol. The lowest BCUT2D eigenvalue weighted by Crippen LogP contribution is -1.93. The first-order valence-corrected chi connectivity index (χ1v) is 14.4. The second kappa shape index (κ2) is 8.68. The van der Waals surface area contributed by atoms with E-state index in [2.05, 4.69) is 133 Å². The van der Waals surface area contributed by atoms with Gasteiger partial charge in [0, 0.05) is 22.8 Å². The lowest BCUT2D eigenvalue weighted by molar-refractivity contribution is 0.549. The highest BCUT2D eigenvalue weighted by molar-refractivity contribution is 6.27. The van der Waals surface area contributed by atoms with Crippen LogP contribution in [0.25, 0.3) is 82.4 Å². The molecule has 0 unspecified atom stereocenters. The van der Waals surface area contributed by atoms with Crippen LogP contribution in [0.1, 0.15) is 17.7 Å². The largest absolute Gasteiger partial charge is 0.460 e. The Kier molecular flexibility index (Phi) is 4.80. The first-order chi connectivity index (χ1) is 20.4. The van der Waals surface area contributed by atoms with E-state index in [9.17, 15) is 0 Å². The highest BCUT2D eigenvalue weighted by Crippen LogP contribution is 2.48. The van der Waals surface area contributed by atoms with Gasteiger partial charge in [0.25, 0.3) is 0 Å². The molecule has 0 aliphatic heterocycles. The molecule has 0 spiro atoms. The van der Waals surface area contributed by atoms with Crippen LogP contribution in [0.2, 0.25) is 0 Å². The van der Waals surface area contributed by atoms with Gasteiger partial charge in [-0.2, -0.15) is 0 Å². The molecule has 0 saturated carbocycles. The topological polar surface area (TPSA) is 13.1 Å². The van der Waals surface area contributed by atoms with Crippen molar-refractivity contribution in [3.8, 4) is 22.3 Å². The number of furan rings is 1. The minimum absolute atomic E-state index is 0.954. The molecule has 41 heavy (non-hydrogen) atoms. The van der Waals surface area contributed by atoms with Gasteiger partial charge in [-0.05, 0) is 72.4 Å². The average Bonchev–Trinajstić information content (AvgIpc) is 3.42. The highest BCUT2D eigenvalue weighted by atomic mass is 16.3. The van der Waals surface area contributed by atoms with Crippen LogP contribution in [-0.4, -0.2) is 0 Å². The molecule has 1 heteroatoms. The molecule has 1 aliphatic carbocycles. The van der Waals surface area contributed by atoms with Gasteiger partial charge < -0.3 is 4.42 Å². The van der Waals surface area contributed by atoms with Crippen molar-refractivity contribution < 1.29 is 4.42 Å². The molecule has 8 aromatic rings. The van der Waals surface area contributed by atoms with Crippen LogP contribution in [0.4, 0.5) is 0 Å². The molecule has 0 bridgehead atoms. The summed E-state index contributed by atoms with van der Waals surface area (Å²) in [6.45, 7) is 0. The molecular weight excluding hydrogens is 496 g/mol. The summed E-state index contributed by atoms with van der Waals surface area (Å²) >= 11 is 0. The molecule has 7 aromatic carbocycles. The maximum Gasteiger partial charge on any atom is 0.142 e. The average molecular weight is 523 g/mol. The van der Waals surface area contributed by atoms with Gasteiger partial charge in [-0.1, -0.05) is 127 Å². The molecule has 9 rings (SSSR count). The molecule has 0 saturated heterocycles. The Morgan fingerprint density at radius 1 is 0.463 bits per heavy atom. The van der Waals surface area contributed by atoms with Gasteiger partial charge in [-0.25, -0.2) is 0 Å². The zero-order valence-electron chi connectivity index (χ0n) is 22.5. The zero-order valence-corrected chi connectivity index (χ0v) is 22.5. The number of benzene rings is 7. The number of hydrogen-bond acceptors (Lipinski definition) is 1. The summed E-state index contributed by atoms with van der Waals surface area (Å²) in [5.41, 5.74) is 7.35. The Hall–Kier alpha value is -5.14.